The van der Waals surface area contributed by atoms with Crippen molar-refractivity contribution < 1.29 is 14.3 Å². The molecule has 2 rings (SSSR count). The second kappa shape index (κ2) is 13.1. The van der Waals surface area contributed by atoms with Crippen LogP contribution in [0.15, 0.2) is 36.4 Å². The molecule has 9 nitrogen and oxygen atoms in total. The van der Waals surface area contributed by atoms with E-state index < -0.39 is 0 Å². The molecule has 2 unspecified atom stereocenters. The van der Waals surface area contributed by atoms with E-state index in [1.807, 2.05) is 52.5 Å². The molecule has 0 radical (unpaired) electrons. The van der Waals surface area contributed by atoms with Gasteiger partial charge in [0.15, 0.2) is 0 Å². The summed E-state index contributed by atoms with van der Waals surface area (Å²) >= 11 is 0. The third-order valence-corrected chi connectivity index (χ3v) is 5.48. The minimum Gasteiger partial charge on any atom is -0.399 e. The van der Waals surface area contributed by atoms with Crippen molar-refractivity contribution in [1.29, 1.82) is 0 Å². The highest BCUT2D eigenvalue weighted by atomic mass is 16.5. The number of nitrogen functional groups attached to an aromatic ring is 2. The molecule has 0 saturated carbocycles. The molecule has 0 spiro atoms. The molecule has 0 aliphatic heterocycles. The molecule has 2 aromatic rings. The zero-order chi connectivity index (χ0) is 26.1. The summed E-state index contributed by atoms with van der Waals surface area (Å²) in [6.07, 6.45) is 0.697. The van der Waals surface area contributed by atoms with Crippen LogP contribution in [0.5, 0.6) is 0 Å². The Labute approximate surface area is 208 Å². The summed E-state index contributed by atoms with van der Waals surface area (Å²) in [7, 11) is 8.03. The lowest BCUT2D eigenvalue weighted by molar-refractivity contribution is -0.115. The first-order valence-electron chi connectivity index (χ1n) is 11.7. The molecular weight excluding hydrogens is 444 g/mol. The predicted octanol–water partition coefficient (Wildman–Crippen LogP) is 3.47. The van der Waals surface area contributed by atoms with E-state index in [0.29, 0.717) is 35.6 Å². The van der Waals surface area contributed by atoms with Crippen molar-refractivity contribution in [3.05, 3.63) is 47.5 Å². The van der Waals surface area contributed by atoms with Crippen molar-refractivity contribution in [2.75, 3.05) is 63.4 Å². The number of benzene rings is 2. The van der Waals surface area contributed by atoms with Gasteiger partial charge < -0.3 is 36.6 Å². The van der Waals surface area contributed by atoms with Crippen molar-refractivity contribution in [2.45, 2.75) is 38.9 Å². The molecule has 0 fully saturated rings. The van der Waals surface area contributed by atoms with Gasteiger partial charge in [-0.25, -0.2) is 0 Å². The average molecular weight is 485 g/mol. The Bertz CT molecular complexity index is 929. The third kappa shape index (κ3) is 9.20. The maximum atomic E-state index is 11.9. The van der Waals surface area contributed by atoms with Gasteiger partial charge in [0.05, 0.1) is 12.2 Å². The van der Waals surface area contributed by atoms with Crippen LogP contribution in [0.1, 0.15) is 50.0 Å². The molecule has 2 amide bonds. The highest BCUT2D eigenvalue weighted by Crippen LogP contribution is 2.38. The Balaban J connectivity index is 2.54. The van der Waals surface area contributed by atoms with Gasteiger partial charge in [0.1, 0.15) is 0 Å². The van der Waals surface area contributed by atoms with Crippen LogP contribution in [0.2, 0.25) is 0 Å². The molecule has 0 heterocycles. The van der Waals surface area contributed by atoms with Gasteiger partial charge in [-0.1, -0.05) is 12.1 Å². The monoisotopic (exact) mass is 484 g/mol. The van der Waals surface area contributed by atoms with Crippen molar-refractivity contribution in [1.82, 2.24) is 9.80 Å². The summed E-state index contributed by atoms with van der Waals surface area (Å²) in [4.78, 5) is 28.0. The van der Waals surface area contributed by atoms with Crippen LogP contribution in [-0.4, -0.2) is 62.9 Å². The predicted molar refractivity (Wildman–Crippen MR) is 143 cm³/mol. The summed E-state index contributed by atoms with van der Waals surface area (Å²) in [5.74, 6) is -0.363. The molecule has 9 heteroatoms. The number of rotatable bonds is 12. The number of nitrogens with two attached hydrogens (primary N) is 2. The Morgan fingerprint density at radius 3 is 1.46 bits per heavy atom. The number of anilines is 4. The van der Waals surface area contributed by atoms with E-state index in [1.165, 1.54) is 13.8 Å². The Morgan fingerprint density at radius 1 is 0.771 bits per heavy atom. The summed E-state index contributed by atoms with van der Waals surface area (Å²) < 4.78 is 6.81. The van der Waals surface area contributed by atoms with Gasteiger partial charge >= 0.3 is 0 Å². The van der Waals surface area contributed by atoms with Crippen LogP contribution < -0.4 is 22.1 Å². The first-order valence-corrected chi connectivity index (χ1v) is 11.7. The van der Waals surface area contributed by atoms with Gasteiger partial charge in [0.25, 0.3) is 0 Å². The van der Waals surface area contributed by atoms with Crippen molar-refractivity contribution in [3.8, 4) is 0 Å². The van der Waals surface area contributed by atoms with E-state index in [9.17, 15) is 9.59 Å². The first-order chi connectivity index (χ1) is 16.5. The normalized spacial score (nSPS) is 13.0. The fourth-order valence-corrected chi connectivity index (χ4v) is 3.85. The van der Waals surface area contributed by atoms with E-state index in [2.05, 4.69) is 20.4 Å². The summed E-state index contributed by atoms with van der Waals surface area (Å²) in [5, 5.41) is 5.79. The van der Waals surface area contributed by atoms with Crippen LogP contribution in [0.25, 0.3) is 0 Å². The maximum absolute atomic E-state index is 11.9. The second-order valence-electron chi connectivity index (χ2n) is 9.35. The SMILES string of the molecule is CC(=O)Nc1cc(N)ccc1C(CCN(C)C)OC(CCN(C)C)c1ccc(N)cc1NC(C)=O. The lowest BCUT2D eigenvalue weighted by Crippen LogP contribution is -2.23. The number of ether oxygens (including phenoxy) is 1. The smallest absolute Gasteiger partial charge is 0.221 e. The molecular formula is C26H40N6O3. The minimum absolute atomic E-state index is 0.182. The molecule has 2 atom stereocenters. The van der Waals surface area contributed by atoms with Gasteiger partial charge in [-0.2, -0.15) is 0 Å². The van der Waals surface area contributed by atoms with Crippen molar-refractivity contribution in [2.24, 2.45) is 0 Å². The average Bonchev–Trinajstić information content (AvgIpc) is 2.73. The topological polar surface area (TPSA) is 126 Å². The molecule has 2 aromatic carbocycles. The van der Waals surface area contributed by atoms with E-state index in [1.54, 1.807) is 12.1 Å². The number of amides is 2. The van der Waals surface area contributed by atoms with Crippen molar-refractivity contribution >= 4 is 34.6 Å². The fourth-order valence-electron chi connectivity index (χ4n) is 3.85. The van der Waals surface area contributed by atoms with E-state index in [-0.39, 0.29) is 24.0 Å². The number of carbonyl (C=O) groups is 2. The second-order valence-corrected chi connectivity index (χ2v) is 9.35. The van der Waals surface area contributed by atoms with Gasteiger partial charge in [0, 0.05) is 60.8 Å². The van der Waals surface area contributed by atoms with Crippen LogP contribution in [-0.2, 0) is 14.3 Å². The molecule has 0 aliphatic rings. The highest BCUT2D eigenvalue weighted by molar-refractivity contribution is 5.91. The molecule has 35 heavy (non-hydrogen) atoms. The van der Waals surface area contributed by atoms with E-state index in [0.717, 1.165) is 24.2 Å². The maximum Gasteiger partial charge on any atom is 0.221 e. The quantitative estimate of drug-likeness (QED) is 0.340. The van der Waals surface area contributed by atoms with Crippen LogP contribution in [0.4, 0.5) is 22.7 Å². The van der Waals surface area contributed by atoms with Crippen LogP contribution in [0.3, 0.4) is 0 Å². The number of carbonyl (C=O) groups excluding carboxylic acids is 2. The number of hydrogen-bond donors (Lipinski definition) is 4. The molecule has 0 aromatic heterocycles. The Morgan fingerprint density at radius 2 is 1.14 bits per heavy atom. The van der Waals surface area contributed by atoms with E-state index in [4.69, 9.17) is 16.2 Å². The van der Waals surface area contributed by atoms with Gasteiger partial charge in [-0.05, 0) is 65.3 Å². The summed E-state index contributed by atoms with van der Waals surface area (Å²) in [6.45, 7) is 4.48. The van der Waals surface area contributed by atoms with Crippen LogP contribution in [0, 0.1) is 0 Å². The van der Waals surface area contributed by atoms with Gasteiger partial charge in [0.2, 0.25) is 11.8 Å². The van der Waals surface area contributed by atoms with Crippen LogP contribution >= 0.6 is 0 Å². The third-order valence-electron chi connectivity index (χ3n) is 5.48. The van der Waals surface area contributed by atoms with Gasteiger partial charge in [-0.3, -0.25) is 9.59 Å². The number of hydrogen-bond acceptors (Lipinski definition) is 7. The first kappa shape index (κ1) is 28.1. The van der Waals surface area contributed by atoms with Crippen molar-refractivity contribution in [3.63, 3.8) is 0 Å². The lowest BCUT2D eigenvalue weighted by atomic mass is 9.99. The molecule has 6 N–H and O–H groups in total. The highest BCUT2D eigenvalue weighted by Gasteiger charge is 2.25. The number of nitrogens with zero attached hydrogens (tertiary/aromatic N) is 2. The summed E-state index contributed by atoms with van der Waals surface area (Å²) in [5.41, 5.74) is 16.1. The molecule has 0 saturated heterocycles. The number of nitrogens with one attached hydrogen (secondary N) is 2. The molecule has 0 bridgehead atoms. The minimum atomic E-state index is -0.338. The fraction of sp³-hybridized carbons (Fsp3) is 0.462. The molecule has 0 aliphatic carbocycles. The lowest BCUT2D eigenvalue weighted by Gasteiger charge is -2.30. The standard InChI is InChI=1S/C26H40N6O3/c1-17(33)29-23-15-19(27)7-9-21(23)25(11-13-31(3)4)35-26(12-14-32(5)6)22-10-8-20(28)16-24(22)30-18(2)34/h7-10,15-16,25-26H,11-14,27-28H2,1-6H3,(H,29,33)(H,30,34). The largest absolute Gasteiger partial charge is 0.399 e. The molecule has 192 valence electrons. The van der Waals surface area contributed by atoms with E-state index >= 15 is 0 Å². The zero-order valence-corrected chi connectivity index (χ0v) is 21.7. The van der Waals surface area contributed by atoms with Gasteiger partial charge in [-0.15, -0.1) is 0 Å². The zero-order valence-electron chi connectivity index (χ0n) is 21.7. The summed E-state index contributed by atoms with van der Waals surface area (Å²) in [6, 6.07) is 10.9. The Hall–Kier alpha value is -3.14. The Kier molecular flexibility index (Phi) is 10.5.